The average Bonchev–Trinajstić information content (AvgIpc) is 2.46. The standard InChI is InChI=1S/C17H24N2O2/c1-5-11-18(4)12-10-17(21)15-8-7-9-16(13-15)19(6-2)14(3)20/h7-10,12-13H,5-6,11H2,1-4H3/b12-10+. The maximum Gasteiger partial charge on any atom is 0.223 e. The zero-order valence-electron chi connectivity index (χ0n) is 13.3. The molecule has 114 valence electrons. The lowest BCUT2D eigenvalue weighted by Gasteiger charge is -2.19. The summed E-state index contributed by atoms with van der Waals surface area (Å²) in [5.74, 6) is -0.0836. The van der Waals surface area contributed by atoms with Crippen LogP contribution in [-0.4, -0.2) is 36.7 Å². The zero-order valence-corrected chi connectivity index (χ0v) is 13.3. The molecule has 0 atom stereocenters. The van der Waals surface area contributed by atoms with Crippen LogP contribution in [0.5, 0.6) is 0 Å². The second-order valence-electron chi connectivity index (χ2n) is 4.97. The van der Waals surface area contributed by atoms with Crippen molar-refractivity contribution in [3.63, 3.8) is 0 Å². The molecule has 4 nitrogen and oxygen atoms in total. The molecule has 0 radical (unpaired) electrons. The molecule has 0 unspecified atom stereocenters. The van der Waals surface area contributed by atoms with Crippen LogP contribution in [0.3, 0.4) is 0 Å². The average molecular weight is 288 g/mol. The number of nitrogens with zero attached hydrogens (tertiary/aromatic N) is 2. The van der Waals surface area contributed by atoms with Gasteiger partial charge in [-0.15, -0.1) is 0 Å². The van der Waals surface area contributed by atoms with Crippen LogP contribution in [0, 0.1) is 0 Å². The van der Waals surface area contributed by atoms with Gasteiger partial charge in [-0.1, -0.05) is 19.1 Å². The van der Waals surface area contributed by atoms with Gasteiger partial charge >= 0.3 is 0 Å². The fourth-order valence-electron chi connectivity index (χ4n) is 2.13. The topological polar surface area (TPSA) is 40.6 Å². The van der Waals surface area contributed by atoms with E-state index in [1.807, 2.05) is 24.9 Å². The number of hydrogen-bond donors (Lipinski definition) is 0. The van der Waals surface area contributed by atoms with Gasteiger partial charge in [-0.3, -0.25) is 9.59 Å². The summed E-state index contributed by atoms with van der Waals surface area (Å²) >= 11 is 0. The second-order valence-corrected chi connectivity index (χ2v) is 4.97. The fourth-order valence-corrected chi connectivity index (χ4v) is 2.13. The van der Waals surface area contributed by atoms with Crippen LogP contribution >= 0.6 is 0 Å². The predicted octanol–water partition coefficient (Wildman–Crippen LogP) is 3.10. The summed E-state index contributed by atoms with van der Waals surface area (Å²) in [5, 5.41) is 0. The molecular weight excluding hydrogens is 264 g/mol. The molecule has 0 saturated heterocycles. The molecule has 0 aliphatic rings. The third kappa shape index (κ3) is 5.06. The van der Waals surface area contributed by atoms with E-state index in [9.17, 15) is 9.59 Å². The Bertz CT molecular complexity index is 523. The number of anilines is 1. The number of carbonyl (C=O) groups excluding carboxylic acids is 2. The Balaban J connectivity index is 2.89. The largest absolute Gasteiger partial charge is 0.380 e. The molecule has 0 bridgehead atoms. The van der Waals surface area contributed by atoms with Gasteiger partial charge in [0.15, 0.2) is 5.78 Å². The van der Waals surface area contributed by atoms with Crippen LogP contribution in [0.4, 0.5) is 5.69 Å². The van der Waals surface area contributed by atoms with Crippen molar-refractivity contribution in [2.45, 2.75) is 27.2 Å². The van der Waals surface area contributed by atoms with E-state index in [-0.39, 0.29) is 11.7 Å². The van der Waals surface area contributed by atoms with Gasteiger partial charge in [-0.25, -0.2) is 0 Å². The maximum atomic E-state index is 12.2. The number of hydrogen-bond acceptors (Lipinski definition) is 3. The summed E-state index contributed by atoms with van der Waals surface area (Å²) in [6.07, 6.45) is 4.40. The SMILES string of the molecule is CCCN(C)/C=C/C(=O)c1cccc(N(CC)C(C)=O)c1. The summed E-state index contributed by atoms with van der Waals surface area (Å²) < 4.78 is 0. The molecule has 0 aliphatic heterocycles. The van der Waals surface area contributed by atoms with E-state index in [0.717, 1.165) is 18.7 Å². The van der Waals surface area contributed by atoms with Crippen LogP contribution in [-0.2, 0) is 4.79 Å². The number of ketones is 1. The van der Waals surface area contributed by atoms with Crippen LogP contribution in [0.1, 0.15) is 37.6 Å². The quantitative estimate of drug-likeness (QED) is 0.572. The first-order chi connectivity index (χ1) is 9.99. The van der Waals surface area contributed by atoms with Gasteiger partial charge in [-0.05, 0) is 25.5 Å². The third-order valence-corrected chi connectivity index (χ3v) is 3.20. The van der Waals surface area contributed by atoms with Crippen LogP contribution in [0.25, 0.3) is 0 Å². The molecule has 1 amide bonds. The zero-order chi connectivity index (χ0) is 15.8. The van der Waals surface area contributed by atoms with Gasteiger partial charge < -0.3 is 9.80 Å². The van der Waals surface area contributed by atoms with Crippen LogP contribution < -0.4 is 4.90 Å². The van der Waals surface area contributed by atoms with E-state index in [2.05, 4.69) is 6.92 Å². The second kappa shape index (κ2) is 8.25. The van der Waals surface area contributed by atoms with Crippen molar-refractivity contribution >= 4 is 17.4 Å². The Kier molecular flexibility index (Phi) is 6.66. The van der Waals surface area contributed by atoms with E-state index in [1.54, 1.807) is 35.4 Å². The Morgan fingerprint density at radius 2 is 1.95 bits per heavy atom. The molecule has 0 heterocycles. The van der Waals surface area contributed by atoms with Crippen molar-refractivity contribution in [2.24, 2.45) is 0 Å². The molecule has 0 saturated carbocycles. The molecule has 0 N–H and O–H groups in total. The van der Waals surface area contributed by atoms with Gasteiger partial charge in [0.1, 0.15) is 0 Å². The highest BCUT2D eigenvalue weighted by atomic mass is 16.2. The number of amides is 1. The molecule has 1 aromatic carbocycles. The summed E-state index contributed by atoms with van der Waals surface area (Å²) in [4.78, 5) is 27.4. The Morgan fingerprint density at radius 1 is 1.24 bits per heavy atom. The number of benzene rings is 1. The van der Waals surface area contributed by atoms with Crippen molar-refractivity contribution in [3.8, 4) is 0 Å². The summed E-state index contributed by atoms with van der Waals surface area (Å²) in [6.45, 7) is 7.03. The molecule has 0 spiro atoms. The lowest BCUT2D eigenvalue weighted by atomic mass is 10.1. The first-order valence-electron chi connectivity index (χ1n) is 7.30. The number of rotatable bonds is 7. The van der Waals surface area contributed by atoms with Gasteiger partial charge in [0.05, 0.1) is 0 Å². The predicted molar refractivity (Wildman–Crippen MR) is 86.5 cm³/mol. The van der Waals surface area contributed by atoms with E-state index in [4.69, 9.17) is 0 Å². The summed E-state index contributed by atoms with van der Waals surface area (Å²) in [7, 11) is 1.94. The van der Waals surface area contributed by atoms with E-state index < -0.39 is 0 Å². The van der Waals surface area contributed by atoms with Gasteiger partial charge in [0, 0.05) is 50.6 Å². The van der Waals surface area contributed by atoms with Gasteiger partial charge in [-0.2, -0.15) is 0 Å². The van der Waals surface area contributed by atoms with Crippen molar-refractivity contribution in [1.82, 2.24) is 4.90 Å². The van der Waals surface area contributed by atoms with Gasteiger partial charge in [0.2, 0.25) is 5.91 Å². The molecule has 0 aromatic heterocycles. The minimum absolute atomic E-state index is 0.0275. The van der Waals surface area contributed by atoms with E-state index >= 15 is 0 Å². The van der Waals surface area contributed by atoms with Crippen molar-refractivity contribution < 1.29 is 9.59 Å². The molecule has 1 aromatic rings. The highest BCUT2D eigenvalue weighted by Gasteiger charge is 2.11. The molecule has 1 rings (SSSR count). The van der Waals surface area contributed by atoms with E-state index in [0.29, 0.717) is 12.1 Å². The van der Waals surface area contributed by atoms with Crippen molar-refractivity contribution in [1.29, 1.82) is 0 Å². The summed E-state index contributed by atoms with van der Waals surface area (Å²) in [6, 6.07) is 7.17. The van der Waals surface area contributed by atoms with Crippen molar-refractivity contribution in [2.75, 3.05) is 25.0 Å². The molecule has 21 heavy (non-hydrogen) atoms. The first-order valence-corrected chi connectivity index (χ1v) is 7.30. The highest BCUT2D eigenvalue weighted by molar-refractivity contribution is 6.05. The van der Waals surface area contributed by atoms with E-state index in [1.165, 1.54) is 6.92 Å². The number of allylic oxidation sites excluding steroid dienone is 1. The minimum Gasteiger partial charge on any atom is -0.380 e. The number of carbonyl (C=O) groups is 2. The first kappa shape index (κ1) is 17.0. The normalized spacial score (nSPS) is 10.7. The fraction of sp³-hybridized carbons (Fsp3) is 0.412. The lowest BCUT2D eigenvalue weighted by molar-refractivity contribution is -0.116. The minimum atomic E-state index is -0.0561. The molecule has 4 heteroatoms. The molecule has 0 aliphatic carbocycles. The monoisotopic (exact) mass is 288 g/mol. The third-order valence-electron chi connectivity index (χ3n) is 3.20. The Labute approximate surface area is 127 Å². The molecular formula is C17H24N2O2. The maximum absolute atomic E-state index is 12.2. The Morgan fingerprint density at radius 3 is 2.52 bits per heavy atom. The Hall–Kier alpha value is -2.10. The molecule has 0 fully saturated rings. The van der Waals surface area contributed by atoms with Crippen molar-refractivity contribution in [3.05, 3.63) is 42.1 Å². The van der Waals surface area contributed by atoms with Crippen LogP contribution in [0.15, 0.2) is 36.5 Å². The summed E-state index contributed by atoms with van der Waals surface area (Å²) in [5.41, 5.74) is 1.35. The van der Waals surface area contributed by atoms with Gasteiger partial charge in [0.25, 0.3) is 0 Å². The highest BCUT2D eigenvalue weighted by Crippen LogP contribution is 2.17. The van der Waals surface area contributed by atoms with Crippen LogP contribution in [0.2, 0.25) is 0 Å². The lowest BCUT2D eigenvalue weighted by Crippen LogP contribution is -2.27. The smallest absolute Gasteiger partial charge is 0.223 e.